The van der Waals surface area contributed by atoms with Crippen molar-refractivity contribution in [2.75, 3.05) is 5.32 Å². The van der Waals surface area contributed by atoms with Crippen molar-refractivity contribution in [2.45, 2.75) is 25.4 Å². The van der Waals surface area contributed by atoms with Gasteiger partial charge in [-0.2, -0.15) is 10.1 Å². The zero-order chi connectivity index (χ0) is 14.9. The van der Waals surface area contributed by atoms with Crippen molar-refractivity contribution in [2.24, 2.45) is 0 Å². The van der Waals surface area contributed by atoms with E-state index < -0.39 is 0 Å². The number of rotatable bonds is 2. The first kappa shape index (κ1) is 13.1. The van der Waals surface area contributed by atoms with Gasteiger partial charge in [0.25, 0.3) is 0 Å². The maximum absolute atomic E-state index is 4.41. The molecule has 0 saturated carbocycles. The Balaban J connectivity index is 1.73. The predicted octanol–water partition coefficient (Wildman–Crippen LogP) is 3.73. The number of nitrogens with zero attached hydrogens (tertiary/aromatic N) is 3. The van der Waals surface area contributed by atoms with Gasteiger partial charge in [-0.1, -0.05) is 60.2 Å². The molecule has 1 aromatic heterocycles. The van der Waals surface area contributed by atoms with E-state index in [9.17, 15) is 0 Å². The largest absolute Gasteiger partial charge is 0.348 e. The van der Waals surface area contributed by atoms with Gasteiger partial charge in [-0.3, -0.25) is 0 Å². The molecule has 22 heavy (non-hydrogen) atoms. The van der Waals surface area contributed by atoms with E-state index >= 15 is 0 Å². The van der Waals surface area contributed by atoms with Crippen LogP contribution in [0.2, 0.25) is 0 Å². The Kier molecular flexibility index (Phi) is 3.15. The molecule has 2 atom stereocenters. The Labute approximate surface area is 129 Å². The summed E-state index contributed by atoms with van der Waals surface area (Å²) in [5.41, 5.74) is 3.84. The third-order valence-corrected chi connectivity index (χ3v) is 4.29. The topological polar surface area (TPSA) is 42.7 Å². The molecule has 0 unspecified atom stereocenters. The second-order valence-electron chi connectivity index (χ2n) is 5.80. The van der Waals surface area contributed by atoms with Gasteiger partial charge in [-0.15, -0.1) is 0 Å². The smallest absolute Gasteiger partial charge is 0.222 e. The van der Waals surface area contributed by atoms with Crippen molar-refractivity contribution in [1.82, 2.24) is 14.8 Å². The summed E-state index contributed by atoms with van der Waals surface area (Å²) >= 11 is 0. The first-order chi connectivity index (χ1) is 10.8. The first-order valence-electron chi connectivity index (χ1n) is 7.59. The van der Waals surface area contributed by atoms with Crippen molar-refractivity contribution in [3.8, 4) is 0 Å². The van der Waals surface area contributed by atoms with Crippen LogP contribution in [0.3, 0.4) is 0 Å². The van der Waals surface area contributed by atoms with E-state index in [0.29, 0.717) is 0 Å². The van der Waals surface area contributed by atoms with Crippen molar-refractivity contribution in [3.05, 3.63) is 77.6 Å². The quantitative estimate of drug-likeness (QED) is 0.782. The Morgan fingerprint density at radius 1 is 1.00 bits per heavy atom. The number of anilines is 1. The van der Waals surface area contributed by atoms with Crippen LogP contribution in [0.25, 0.3) is 0 Å². The van der Waals surface area contributed by atoms with Crippen LogP contribution in [-0.2, 0) is 0 Å². The van der Waals surface area contributed by atoms with E-state index in [0.717, 1.165) is 12.4 Å². The number of hydrogen-bond acceptors (Lipinski definition) is 3. The summed E-state index contributed by atoms with van der Waals surface area (Å²) in [5.74, 6) is 0.839. The number of aryl methyl sites for hydroxylation is 1. The van der Waals surface area contributed by atoms with Gasteiger partial charge < -0.3 is 5.32 Å². The van der Waals surface area contributed by atoms with Crippen molar-refractivity contribution in [1.29, 1.82) is 0 Å². The Morgan fingerprint density at radius 3 is 2.55 bits per heavy atom. The molecule has 0 radical (unpaired) electrons. The number of fused-ring (bicyclic) bond motifs is 1. The standard InChI is InChI=1S/C18H18N4/c1-13-7-9-15(10-8-13)17-11-16(14-5-3-2-4-6-14)21-18-19-12-20-22(17)18/h2-10,12,16-17H,11H2,1H3,(H,19,20,21)/t16-,17+/m1/s1. The highest BCUT2D eigenvalue weighted by atomic mass is 15.4. The third-order valence-electron chi connectivity index (χ3n) is 4.29. The molecule has 0 fully saturated rings. The fourth-order valence-electron chi connectivity index (χ4n) is 3.09. The summed E-state index contributed by atoms with van der Waals surface area (Å²) in [6.45, 7) is 2.11. The van der Waals surface area contributed by atoms with Gasteiger partial charge >= 0.3 is 0 Å². The lowest BCUT2D eigenvalue weighted by molar-refractivity contribution is 0.431. The van der Waals surface area contributed by atoms with E-state index in [-0.39, 0.29) is 12.1 Å². The molecule has 2 heterocycles. The Hall–Kier alpha value is -2.62. The molecule has 2 aromatic carbocycles. The van der Waals surface area contributed by atoms with Gasteiger partial charge in [0.2, 0.25) is 5.95 Å². The van der Waals surface area contributed by atoms with Gasteiger partial charge in [0.15, 0.2) is 0 Å². The Morgan fingerprint density at radius 2 is 1.77 bits per heavy atom. The van der Waals surface area contributed by atoms with Crippen molar-refractivity contribution in [3.63, 3.8) is 0 Å². The number of benzene rings is 2. The molecule has 1 N–H and O–H groups in total. The minimum atomic E-state index is 0.213. The molecule has 110 valence electrons. The van der Waals surface area contributed by atoms with Gasteiger partial charge in [0.1, 0.15) is 6.33 Å². The van der Waals surface area contributed by atoms with E-state index in [1.165, 1.54) is 16.7 Å². The molecule has 0 spiro atoms. The maximum Gasteiger partial charge on any atom is 0.222 e. The van der Waals surface area contributed by atoms with Gasteiger partial charge in [0.05, 0.1) is 12.1 Å². The van der Waals surface area contributed by atoms with Crippen LogP contribution in [0.1, 0.15) is 35.2 Å². The summed E-state index contributed by atoms with van der Waals surface area (Å²) in [7, 11) is 0. The molecule has 0 aliphatic carbocycles. The van der Waals surface area contributed by atoms with E-state index in [1.54, 1.807) is 6.33 Å². The lowest BCUT2D eigenvalue weighted by Gasteiger charge is -2.31. The molecular formula is C18H18N4. The van der Waals surface area contributed by atoms with Crippen LogP contribution in [0, 0.1) is 6.92 Å². The molecule has 1 aliphatic rings. The normalized spacial score (nSPS) is 20.2. The highest BCUT2D eigenvalue weighted by Crippen LogP contribution is 2.37. The maximum atomic E-state index is 4.41. The summed E-state index contributed by atoms with van der Waals surface area (Å²) in [5, 5.41) is 7.90. The summed E-state index contributed by atoms with van der Waals surface area (Å²) in [4.78, 5) is 4.37. The molecule has 1 aliphatic heterocycles. The van der Waals surface area contributed by atoms with E-state index in [4.69, 9.17) is 0 Å². The summed E-state index contributed by atoms with van der Waals surface area (Å²) in [6.07, 6.45) is 2.58. The highest BCUT2D eigenvalue weighted by molar-refractivity contribution is 5.38. The van der Waals surface area contributed by atoms with Crippen LogP contribution in [-0.4, -0.2) is 14.8 Å². The molecule has 0 amide bonds. The first-order valence-corrected chi connectivity index (χ1v) is 7.59. The van der Waals surface area contributed by atoms with E-state index in [1.807, 2.05) is 10.7 Å². The fourth-order valence-corrected chi connectivity index (χ4v) is 3.09. The minimum Gasteiger partial charge on any atom is -0.348 e. The second-order valence-corrected chi connectivity index (χ2v) is 5.80. The van der Waals surface area contributed by atoms with Gasteiger partial charge in [-0.25, -0.2) is 4.68 Å². The predicted molar refractivity (Wildman–Crippen MR) is 86.8 cm³/mol. The molecule has 4 nitrogen and oxygen atoms in total. The second kappa shape index (κ2) is 5.30. The SMILES string of the molecule is Cc1ccc([C@@H]2C[C@H](c3ccccc3)Nc3ncnn32)cc1. The fraction of sp³-hybridized carbons (Fsp3) is 0.222. The molecule has 0 saturated heterocycles. The molecular weight excluding hydrogens is 272 g/mol. The Bertz CT molecular complexity index is 761. The lowest BCUT2D eigenvalue weighted by Crippen LogP contribution is -2.28. The van der Waals surface area contributed by atoms with Gasteiger partial charge in [-0.05, 0) is 24.5 Å². The van der Waals surface area contributed by atoms with Crippen LogP contribution >= 0.6 is 0 Å². The molecule has 4 rings (SSSR count). The average Bonchev–Trinajstić information content (AvgIpc) is 3.04. The number of aromatic nitrogens is 3. The zero-order valence-corrected chi connectivity index (χ0v) is 12.5. The van der Waals surface area contributed by atoms with E-state index in [2.05, 4.69) is 70.9 Å². The minimum absolute atomic E-state index is 0.213. The monoisotopic (exact) mass is 290 g/mol. The highest BCUT2D eigenvalue weighted by Gasteiger charge is 2.29. The molecule has 4 heteroatoms. The van der Waals surface area contributed by atoms with Gasteiger partial charge in [0, 0.05) is 0 Å². The third kappa shape index (κ3) is 2.26. The molecule has 0 bridgehead atoms. The lowest BCUT2D eigenvalue weighted by atomic mass is 9.93. The van der Waals surface area contributed by atoms with Crippen molar-refractivity contribution < 1.29 is 0 Å². The molecule has 3 aromatic rings. The average molecular weight is 290 g/mol. The van der Waals surface area contributed by atoms with Crippen LogP contribution < -0.4 is 5.32 Å². The van der Waals surface area contributed by atoms with Crippen molar-refractivity contribution >= 4 is 5.95 Å². The van der Waals surface area contributed by atoms with Crippen LogP contribution in [0.5, 0.6) is 0 Å². The summed E-state index contributed by atoms with van der Waals surface area (Å²) < 4.78 is 1.99. The zero-order valence-electron chi connectivity index (χ0n) is 12.5. The number of nitrogens with one attached hydrogen (secondary N) is 1. The number of hydrogen-bond donors (Lipinski definition) is 1. The van der Waals surface area contributed by atoms with Crippen LogP contribution in [0.15, 0.2) is 60.9 Å². The summed E-state index contributed by atoms with van der Waals surface area (Å²) in [6, 6.07) is 19.7. The van der Waals surface area contributed by atoms with Crippen LogP contribution in [0.4, 0.5) is 5.95 Å².